The SMILES string of the molecule is COc1cccc(OC)c1C#CCN. The van der Waals surface area contributed by atoms with E-state index in [2.05, 4.69) is 11.8 Å². The van der Waals surface area contributed by atoms with Gasteiger partial charge in [0.15, 0.2) is 0 Å². The first-order chi connectivity index (χ1) is 6.83. The first-order valence-corrected chi connectivity index (χ1v) is 4.23. The van der Waals surface area contributed by atoms with Crippen molar-refractivity contribution in [3.05, 3.63) is 23.8 Å². The average molecular weight is 191 g/mol. The van der Waals surface area contributed by atoms with Gasteiger partial charge in [-0.25, -0.2) is 0 Å². The maximum atomic E-state index is 5.30. The van der Waals surface area contributed by atoms with Crippen LogP contribution >= 0.6 is 0 Å². The lowest BCUT2D eigenvalue weighted by Gasteiger charge is -2.07. The third kappa shape index (κ3) is 2.18. The molecule has 0 bridgehead atoms. The normalized spacial score (nSPS) is 8.79. The average Bonchev–Trinajstić information content (AvgIpc) is 2.25. The monoisotopic (exact) mass is 191 g/mol. The molecule has 1 rings (SSSR count). The van der Waals surface area contributed by atoms with E-state index in [1.54, 1.807) is 14.2 Å². The molecule has 2 N–H and O–H groups in total. The van der Waals surface area contributed by atoms with E-state index in [0.29, 0.717) is 18.0 Å². The lowest BCUT2D eigenvalue weighted by molar-refractivity contribution is 0.392. The number of hydrogen-bond donors (Lipinski definition) is 1. The molecule has 1 aromatic carbocycles. The number of ether oxygens (including phenoxy) is 2. The first-order valence-electron chi connectivity index (χ1n) is 4.23. The van der Waals surface area contributed by atoms with Crippen LogP contribution in [0.4, 0.5) is 0 Å². The molecule has 0 radical (unpaired) electrons. The third-order valence-electron chi connectivity index (χ3n) is 1.74. The van der Waals surface area contributed by atoms with Crippen LogP contribution in [0.25, 0.3) is 0 Å². The number of hydrogen-bond acceptors (Lipinski definition) is 3. The van der Waals surface area contributed by atoms with Gasteiger partial charge in [-0.15, -0.1) is 0 Å². The van der Waals surface area contributed by atoms with Crippen molar-refractivity contribution in [2.75, 3.05) is 20.8 Å². The zero-order chi connectivity index (χ0) is 10.4. The van der Waals surface area contributed by atoms with E-state index in [1.165, 1.54) is 0 Å². The van der Waals surface area contributed by atoms with E-state index < -0.39 is 0 Å². The molecule has 3 heteroatoms. The summed E-state index contributed by atoms with van der Waals surface area (Å²) < 4.78 is 10.3. The van der Waals surface area contributed by atoms with Gasteiger partial charge in [-0.3, -0.25) is 0 Å². The summed E-state index contributed by atoms with van der Waals surface area (Å²) in [6, 6.07) is 5.53. The highest BCUT2D eigenvalue weighted by Crippen LogP contribution is 2.26. The van der Waals surface area contributed by atoms with Crippen molar-refractivity contribution in [2.45, 2.75) is 0 Å². The zero-order valence-electron chi connectivity index (χ0n) is 8.33. The standard InChI is InChI=1S/C11H13NO2/c1-13-10-6-3-7-11(14-2)9(10)5-4-8-12/h3,6-7H,8,12H2,1-2H3. The van der Waals surface area contributed by atoms with Gasteiger partial charge < -0.3 is 15.2 Å². The number of benzene rings is 1. The second kappa shape index (κ2) is 5.15. The van der Waals surface area contributed by atoms with Gasteiger partial charge in [-0.05, 0) is 12.1 Å². The van der Waals surface area contributed by atoms with E-state index in [4.69, 9.17) is 15.2 Å². The molecule has 74 valence electrons. The quantitative estimate of drug-likeness (QED) is 0.710. The fraction of sp³-hybridized carbons (Fsp3) is 0.273. The Hall–Kier alpha value is -1.66. The van der Waals surface area contributed by atoms with Gasteiger partial charge in [0.2, 0.25) is 0 Å². The molecule has 0 spiro atoms. The van der Waals surface area contributed by atoms with Crippen LogP contribution in [0.5, 0.6) is 11.5 Å². The van der Waals surface area contributed by atoms with E-state index >= 15 is 0 Å². The van der Waals surface area contributed by atoms with Crippen LogP contribution in [0.2, 0.25) is 0 Å². The lowest BCUT2D eigenvalue weighted by Crippen LogP contribution is -1.95. The van der Waals surface area contributed by atoms with Gasteiger partial charge >= 0.3 is 0 Å². The van der Waals surface area contributed by atoms with Gasteiger partial charge in [-0.1, -0.05) is 17.9 Å². The predicted octanol–water partition coefficient (Wildman–Crippen LogP) is 1.01. The molecular formula is C11H13NO2. The van der Waals surface area contributed by atoms with Crippen molar-refractivity contribution < 1.29 is 9.47 Å². The van der Waals surface area contributed by atoms with Crippen molar-refractivity contribution >= 4 is 0 Å². The van der Waals surface area contributed by atoms with Gasteiger partial charge in [0.25, 0.3) is 0 Å². The summed E-state index contributed by atoms with van der Waals surface area (Å²) in [7, 11) is 3.20. The molecular weight excluding hydrogens is 178 g/mol. The summed E-state index contributed by atoms with van der Waals surface area (Å²) >= 11 is 0. The van der Waals surface area contributed by atoms with Gasteiger partial charge in [0.1, 0.15) is 17.1 Å². The topological polar surface area (TPSA) is 44.5 Å². The fourth-order valence-electron chi connectivity index (χ4n) is 1.11. The molecule has 0 aliphatic rings. The number of methoxy groups -OCH3 is 2. The van der Waals surface area contributed by atoms with Crippen LogP contribution in [0, 0.1) is 11.8 Å². The molecule has 0 aliphatic carbocycles. The maximum Gasteiger partial charge on any atom is 0.138 e. The fourth-order valence-corrected chi connectivity index (χ4v) is 1.11. The van der Waals surface area contributed by atoms with Crippen molar-refractivity contribution in [3.8, 4) is 23.3 Å². The van der Waals surface area contributed by atoms with E-state index in [-0.39, 0.29) is 0 Å². The molecule has 0 unspecified atom stereocenters. The zero-order valence-corrected chi connectivity index (χ0v) is 8.33. The summed E-state index contributed by atoms with van der Waals surface area (Å²) in [4.78, 5) is 0. The highest BCUT2D eigenvalue weighted by atomic mass is 16.5. The van der Waals surface area contributed by atoms with Gasteiger partial charge in [0, 0.05) is 0 Å². The highest BCUT2D eigenvalue weighted by Gasteiger charge is 2.05. The Morgan fingerprint density at radius 2 is 1.79 bits per heavy atom. The Bertz CT molecular complexity index is 341. The summed E-state index contributed by atoms with van der Waals surface area (Å²) in [5.74, 6) is 7.09. The summed E-state index contributed by atoms with van der Waals surface area (Å²) in [5, 5.41) is 0. The molecule has 0 saturated heterocycles. The van der Waals surface area contributed by atoms with E-state index in [9.17, 15) is 0 Å². The summed E-state index contributed by atoms with van der Waals surface area (Å²) in [6.45, 7) is 0.321. The molecule has 0 fully saturated rings. The highest BCUT2D eigenvalue weighted by molar-refractivity contribution is 5.55. The van der Waals surface area contributed by atoms with Crippen molar-refractivity contribution in [1.82, 2.24) is 0 Å². The summed E-state index contributed by atoms with van der Waals surface area (Å²) in [5.41, 5.74) is 6.04. The Balaban J connectivity index is 3.19. The summed E-state index contributed by atoms with van der Waals surface area (Å²) in [6.07, 6.45) is 0. The van der Waals surface area contributed by atoms with Crippen molar-refractivity contribution in [3.63, 3.8) is 0 Å². The molecule has 0 amide bonds. The Labute approximate surface area is 83.8 Å². The molecule has 0 aromatic heterocycles. The predicted molar refractivity (Wildman–Crippen MR) is 55.5 cm³/mol. The minimum atomic E-state index is 0.321. The number of nitrogens with two attached hydrogens (primary N) is 1. The lowest BCUT2D eigenvalue weighted by atomic mass is 10.2. The molecule has 3 nitrogen and oxygen atoms in total. The second-order valence-corrected chi connectivity index (χ2v) is 2.54. The van der Waals surface area contributed by atoms with Crippen LogP contribution in [0.1, 0.15) is 5.56 Å². The second-order valence-electron chi connectivity index (χ2n) is 2.54. The van der Waals surface area contributed by atoms with Gasteiger partial charge in [0.05, 0.1) is 20.8 Å². The largest absolute Gasteiger partial charge is 0.495 e. The third-order valence-corrected chi connectivity index (χ3v) is 1.74. The molecule has 14 heavy (non-hydrogen) atoms. The van der Waals surface area contributed by atoms with E-state index in [0.717, 1.165) is 5.56 Å². The molecule has 0 saturated carbocycles. The van der Waals surface area contributed by atoms with Crippen LogP contribution in [0.15, 0.2) is 18.2 Å². The first kappa shape index (κ1) is 10.4. The van der Waals surface area contributed by atoms with Crippen LogP contribution in [0.3, 0.4) is 0 Å². The van der Waals surface area contributed by atoms with E-state index in [1.807, 2.05) is 18.2 Å². The number of rotatable bonds is 2. The maximum absolute atomic E-state index is 5.30. The smallest absolute Gasteiger partial charge is 0.138 e. The van der Waals surface area contributed by atoms with Crippen LogP contribution in [-0.4, -0.2) is 20.8 Å². The molecule has 1 aromatic rings. The van der Waals surface area contributed by atoms with Crippen molar-refractivity contribution in [2.24, 2.45) is 5.73 Å². The Morgan fingerprint density at radius 1 is 1.21 bits per heavy atom. The molecule has 0 aliphatic heterocycles. The van der Waals surface area contributed by atoms with Crippen molar-refractivity contribution in [1.29, 1.82) is 0 Å². The molecule has 0 atom stereocenters. The Morgan fingerprint density at radius 3 is 2.21 bits per heavy atom. The van der Waals surface area contributed by atoms with Crippen LogP contribution < -0.4 is 15.2 Å². The Kier molecular flexibility index (Phi) is 3.84. The van der Waals surface area contributed by atoms with Gasteiger partial charge in [-0.2, -0.15) is 0 Å². The minimum absolute atomic E-state index is 0.321. The molecule has 0 heterocycles. The van der Waals surface area contributed by atoms with Crippen LogP contribution in [-0.2, 0) is 0 Å². The minimum Gasteiger partial charge on any atom is -0.495 e.